The number of nitriles is 1. The molecule has 0 spiro atoms. The molecule has 0 radical (unpaired) electrons. The average molecular weight is 285 g/mol. The molecule has 1 aliphatic rings. The third-order valence-corrected chi connectivity index (χ3v) is 4.77. The van der Waals surface area contributed by atoms with Gasteiger partial charge in [0, 0.05) is 6.54 Å². The van der Waals surface area contributed by atoms with Crippen LogP contribution in [0.2, 0.25) is 0 Å². The van der Waals surface area contributed by atoms with Crippen LogP contribution in [0, 0.1) is 23.2 Å². The molecule has 0 amide bonds. The van der Waals surface area contributed by atoms with Gasteiger partial charge in [0.1, 0.15) is 5.54 Å². The van der Waals surface area contributed by atoms with E-state index in [1.54, 1.807) is 0 Å². The van der Waals surface area contributed by atoms with E-state index in [0.717, 1.165) is 30.5 Å². The number of likely N-dealkylation sites (tertiary alicyclic amines) is 1. The second-order valence-electron chi connectivity index (χ2n) is 6.66. The lowest BCUT2D eigenvalue weighted by atomic mass is 9.89. The van der Waals surface area contributed by atoms with Gasteiger partial charge in [-0.3, -0.25) is 0 Å². The zero-order valence-electron chi connectivity index (χ0n) is 13.3. The molecular formula is C18H27N3. The number of nitrogens with zero attached hydrogens (tertiary/aromatic N) is 2. The van der Waals surface area contributed by atoms with Crippen LogP contribution < -0.4 is 5.73 Å². The Morgan fingerprint density at radius 2 is 2.00 bits per heavy atom. The predicted octanol–water partition coefficient (Wildman–Crippen LogP) is 3.12. The number of rotatable bonds is 4. The minimum atomic E-state index is -0.904. The van der Waals surface area contributed by atoms with Crippen LogP contribution >= 0.6 is 0 Å². The molecule has 3 heteroatoms. The maximum absolute atomic E-state index is 9.58. The molecule has 1 fully saturated rings. The third kappa shape index (κ3) is 4.06. The van der Waals surface area contributed by atoms with Crippen molar-refractivity contribution in [1.82, 2.24) is 4.90 Å². The van der Waals surface area contributed by atoms with E-state index in [-0.39, 0.29) is 0 Å². The number of hydrogen-bond acceptors (Lipinski definition) is 3. The van der Waals surface area contributed by atoms with E-state index in [0.29, 0.717) is 6.54 Å². The molecule has 1 heterocycles. The van der Waals surface area contributed by atoms with E-state index in [2.05, 4.69) is 24.8 Å². The summed E-state index contributed by atoms with van der Waals surface area (Å²) in [5.74, 6) is 1.55. The van der Waals surface area contributed by atoms with Crippen LogP contribution in [0.15, 0.2) is 30.3 Å². The second-order valence-corrected chi connectivity index (χ2v) is 6.66. The van der Waals surface area contributed by atoms with Crippen LogP contribution in [0.1, 0.15) is 38.7 Å². The minimum absolute atomic E-state index is 0.623. The summed E-state index contributed by atoms with van der Waals surface area (Å²) in [7, 11) is 0. The number of benzene rings is 1. The Kier molecular flexibility index (Phi) is 5.39. The first-order valence-corrected chi connectivity index (χ1v) is 8.03. The first kappa shape index (κ1) is 16.0. The first-order chi connectivity index (χ1) is 10.0. The van der Waals surface area contributed by atoms with E-state index >= 15 is 0 Å². The summed E-state index contributed by atoms with van der Waals surface area (Å²) >= 11 is 0. The van der Waals surface area contributed by atoms with Crippen LogP contribution in [0.4, 0.5) is 0 Å². The monoisotopic (exact) mass is 285 g/mol. The van der Waals surface area contributed by atoms with Crippen molar-refractivity contribution in [3.8, 4) is 6.07 Å². The lowest BCUT2D eigenvalue weighted by Gasteiger charge is -2.30. The van der Waals surface area contributed by atoms with Crippen molar-refractivity contribution in [1.29, 1.82) is 5.26 Å². The van der Waals surface area contributed by atoms with Crippen LogP contribution in [-0.2, 0) is 5.54 Å². The molecule has 2 atom stereocenters. The maximum atomic E-state index is 9.58. The van der Waals surface area contributed by atoms with Gasteiger partial charge in [-0.1, -0.05) is 44.2 Å². The fraction of sp³-hybridized carbons (Fsp3) is 0.611. The summed E-state index contributed by atoms with van der Waals surface area (Å²) in [5, 5.41) is 9.58. The van der Waals surface area contributed by atoms with Gasteiger partial charge in [0.2, 0.25) is 0 Å². The van der Waals surface area contributed by atoms with Gasteiger partial charge in [0.05, 0.1) is 6.07 Å². The topological polar surface area (TPSA) is 53.0 Å². The highest BCUT2D eigenvalue weighted by molar-refractivity contribution is 5.31. The normalized spacial score (nSPS) is 23.3. The molecule has 0 aromatic heterocycles. The minimum Gasteiger partial charge on any atom is -0.309 e. The first-order valence-electron chi connectivity index (χ1n) is 8.03. The van der Waals surface area contributed by atoms with Crippen molar-refractivity contribution < 1.29 is 0 Å². The number of nitrogens with two attached hydrogens (primary N) is 1. The van der Waals surface area contributed by atoms with Gasteiger partial charge in [-0.05, 0) is 49.8 Å². The summed E-state index contributed by atoms with van der Waals surface area (Å²) in [6.07, 6.45) is 3.72. The van der Waals surface area contributed by atoms with Gasteiger partial charge in [0.25, 0.3) is 0 Å². The van der Waals surface area contributed by atoms with Crippen LogP contribution in [0.3, 0.4) is 0 Å². The fourth-order valence-corrected chi connectivity index (χ4v) is 3.29. The van der Waals surface area contributed by atoms with Gasteiger partial charge < -0.3 is 10.6 Å². The molecule has 1 aromatic rings. The Morgan fingerprint density at radius 3 is 2.62 bits per heavy atom. The summed E-state index contributed by atoms with van der Waals surface area (Å²) in [6, 6.07) is 12.1. The van der Waals surface area contributed by atoms with Crippen molar-refractivity contribution in [3.05, 3.63) is 35.9 Å². The van der Waals surface area contributed by atoms with E-state index in [1.807, 2.05) is 30.3 Å². The van der Waals surface area contributed by atoms with Crippen LogP contribution in [0.5, 0.6) is 0 Å². The summed E-state index contributed by atoms with van der Waals surface area (Å²) in [6.45, 7) is 7.35. The van der Waals surface area contributed by atoms with Gasteiger partial charge in [0.15, 0.2) is 0 Å². The molecule has 0 saturated carbocycles. The van der Waals surface area contributed by atoms with Gasteiger partial charge in [-0.2, -0.15) is 5.26 Å². The molecule has 1 saturated heterocycles. The zero-order valence-corrected chi connectivity index (χ0v) is 13.3. The second kappa shape index (κ2) is 7.06. The summed E-state index contributed by atoms with van der Waals surface area (Å²) in [4.78, 5) is 2.37. The van der Waals surface area contributed by atoms with Gasteiger partial charge in [-0.15, -0.1) is 0 Å². The molecule has 2 N–H and O–H groups in total. The SMILES string of the molecule is CC(C)C1CCCN(CC(N)(C#N)c2ccccc2)CC1. The van der Waals surface area contributed by atoms with Crippen molar-refractivity contribution in [2.45, 2.75) is 38.6 Å². The van der Waals surface area contributed by atoms with Crippen molar-refractivity contribution >= 4 is 0 Å². The van der Waals surface area contributed by atoms with Crippen molar-refractivity contribution in [3.63, 3.8) is 0 Å². The highest BCUT2D eigenvalue weighted by Crippen LogP contribution is 2.26. The third-order valence-electron chi connectivity index (χ3n) is 4.77. The molecule has 0 aliphatic carbocycles. The van der Waals surface area contributed by atoms with Crippen molar-refractivity contribution in [2.24, 2.45) is 17.6 Å². The van der Waals surface area contributed by atoms with E-state index in [1.165, 1.54) is 19.3 Å². The van der Waals surface area contributed by atoms with E-state index in [9.17, 15) is 5.26 Å². The maximum Gasteiger partial charge on any atom is 0.142 e. The standard InChI is InChI=1S/C18H27N3/c1-15(2)16-7-6-11-21(12-10-16)14-18(20,13-19)17-8-4-3-5-9-17/h3-5,8-9,15-16H,6-7,10-12,14,20H2,1-2H3. The molecule has 21 heavy (non-hydrogen) atoms. The molecule has 0 bridgehead atoms. The smallest absolute Gasteiger partial charge is 0.142 e. The molecule has 2 rings (SSSR count). The molecule has 2 unspecified atom stereocenters. The summed E-state index contributed by atoms with van der Waals surface area (Å²) in [5.41, 5.74) is 6.40. The van der Waals surface area contributed by atoms with Gasteiger partial charge >= 0.3 is 0 Å². The highest BCUT2D eigenvalue weighted by Gasteiger charge is 2.31. The molecule has 114 valence electrons. The zero-order chi connectivity index (χ0) is 15.3. The molecule has 1 aliphatic heterocycles. The van der Waals surface area contributed by atoms with Crippen LogP contribution in [0.25, 0.3) is 0 Å². The Morgan fingerprint density at radius 1 is 1.29 bits per heavy atom. The highest BCUT2D eigenvalue weighted by atomic mass is 15.1. The lowest BCUT2D eigenvalue weighted by Crippen LogP contribution is -2.47. The Bertz CT molecular complexity index is 477. The largest absolute Gasteiger partial charge is 0.309 e. The Balaban J connectivity index is 2.04. The van der Waals surface area contributed by atoms with E-state index in [4.69, 9.17) is 5.73 Å². The lowest BCUT2D eigenvalue weighted by molar-refractivity contribution is 0.235. The summed E-state index contributed by atoms with van der Waals surface area (Å²) < 4.78 is 0. The van der Waals surface area contributed by atoms with Crippen molar-refractivity contribution in [2.75, 3.05) is 19.6 Å². The quantitative estimate of drug-likeness (QED) is 0.924. The predicted molar refractivity (Wildman–Crippen MR) is 86.5 cm³/mol. The Hall–Kier alpha value is -1.37. The molecular weight excluding hydrogens is 258 g/mol. The van der Waals surface area contributed by atoms with Crippen LogP contribution in [-0.4, -0.2) is 24.5 Å². The van der Waals surface area contributed by atoms with E-state index < -0.39 is 5.54 Å². The molecule has 3 nitrogen and oxygen atoms in total. The number of hydrogen-bond donors (Lipinski definition) is 1. The fourth-order valence-electron chi connectivity index (χ4n) is 3.29. The van der Waals surface area contributed by atoms with Gasteiger partial charge in [-0.25, -0.2) is 0 Å². The average Bonchev–Trinajstić information content (AvgIpc) is 2.73. The molecule has 1 aromatic carbocycles. The Labute approximate surface area is 128 Å².